The highest BCUT2D eigenvalue weighted by Crippen LogP contribution is 2.32. The van der Waals surface area contributed by atoms with E-state index in [4.69, 9.17) is 10.5 Å². The fraction of sp³-hybridized carbons (Fsp3) is 0.333. The SMILES string of the molecule is CN(C)CC=CC(=O)N1CCOc2cc(C(N)=O)ccc21. The molecule has 0 radical (unpaired) electrons. The number of ether oxygens (including phenoxy) is 1. The van der Waals surface area contributed by atoms with Gasteiger partial charge in [0.1, 0.15) is 12.4 Å². The van der Waals surface area contributed by atoms with Crippen molar-refractivity contribution in [2.75, 3.05) is 38.7 Å². The van der Waals surface area contributed by atoms with Crippen LogP contribution in [-0.4, -0.2) is 50.5 Å². The lowest BCUT2D eigenvalue weighted by Gasteiger charge is -2.29. The number of primary amides is 1. The molecular weight excluding hydrogens is 270 g/mol. The number of rotatable bonds is 4. The molecule has 0 saturated carbocycles. The number of anilines is 1. The Kier molecular flexibility index (Phi) is 4.59. The van der Waals surface area contributed by atoms with Gasteiger partial charge in [0, 0.05) is 18.2 Å². The predicted octanol–water partition coefficient (Wildman–Crippen LogP) is 0.629. The van der Waals surface area contributed by atoms with E-state index < -0.39 is 5.91 Å². The van der Waals surface area contributed by atoms with E-state index in [-0.39, 0.29) is 5.91 Å². The number of carbonyl (C=O) groups excluding carboxylic acids is 2. The van der Waals surface area contributed by atoms with Crippen LogP contribution in [0.4, 0.5) is 5.69 Å². The van der Waals surface area contributed by atoms with Gasteiger partial charge in [0.2, 0.25) is 5.91 Å². The van der Waals surface area contributed by atoms with Crippen molar-refractivity contribution in [2.45, 2.75) is 0 Å². The molecule has 2 amide bonds. The molecule has 21 heavy (non-hydrogen) atoms. The molecule has 0 saturated heterocycles. The topological polar surface area (TPSA) is 75.9 Å². The van der Waals surface area contributed by atoms with E-state index in [0.29, 0.717) is 36.7 Å². The van der Waals surface area contributed by atoms with Gasteiger partial charge >= 0.3 is 0 Å². The first-order valence-electron chi connectivity index (χ1n) is 6.68. The van der Waals surface area contributed by atoms with Crippen molar-refractivity contribution in [1.82, 2.24) is 4.90 Å². The Hall–Kier alpha value is -2.34. The summed E-state index contributed by atoms with van der Waals surface area (Å²) in [5.41, 5.74) is 6.27. The highest BCUT2D eigenvalue weighted by molar-refractivity contribution is 6.03. The molecule has 1 aliphatic heterocycles. The molecule has 1 aromatic rings. The molecule has 0 atom stereocenters. The zero-order valence-electron chi connectivity index (χ0n) is 12.2. The van der Waals surface area contributed by atoms with Crippen molar-refractivity contribution in [3.63, 3.8) is 0 Å². The third-order valence-electron chi connectivity index (χ3n) is 3.10. The molecule has 6 heteroatoms. The number of carbonyl (C=O) groups is 2. The van der Waals surface area contributed by atoms with E-state index in [0.717, 1.165) is 0 Å². The number of benzene rings is 1. The van der Waals surface area contributed by atoms with Crippen molar-refractivity contribution in [3.05, 3.63) is 35.9 Å². The standard InChI is InChI=1S/C15H19N3O3/c1-17(2)7-3-4-14(19)18-8-9-21-13-10-11(15(16)20)5-6-12(13)18/h3-6,10H,7-9H2,1-2H3,(H2,16,20). The molecule has 1 heterocycles. The van der Waals surface area contributed by atoms with Crippen molar-refractivity contribution < 1.29 is 14.3 Å². The summed E-state index contributed by atoms with van der Waals surface area (Å²) in [6.45, 7) is 1.57. The molecule has 0 spiro atoms. The number of nitrogens with two attached hydrogens (primary N) is 1. The number of hydrogen-bond acceptors (Lipinski definition) is 4. The molecule has 1 aromatic carbocycles. The summed E-state index contributed by atoms with van der Waals surface area (Å²) in [4.78, 5) is 27.0. The van der Waals surface area contributed by atoms with E-state index in [1.54, 1.807) is 29.2 Å². The largest absolute Gasteiger partial charge is 0.490 e. The molecule has 112 valence electrons. The molecular formula is C15H19N3O3. The second kappa shape index (κ2) is 6.41. The summed E-state index contributed by atoms with van der Waals surface area (Å²) in [6, 6.07) is 4.85. The van der Waals surface area contributed by atoms with E-state index >= 15 is 0 Å². The van der Waals surface area contributed by atoms with Gasteiger partial charge in [-0.15, -0.1) is 0 Å². The van der Waals surface area contributed by atoms with Crippen molar-refractivity contribution >= 4 is 17.5 Å². The zero-order valence-corrected chi connectivity index (χ0v) is 12.2. The van der Waals surface area contributed by atoms with Crippen LogP contribution in [0.15, 0.2) is 30.4 Å². The predicted molar refractivity (Wildman–Crippen MR) is 80.5 cm³/mol. The normalized spacial score (nSPS) is 14.1. The average Bonchev–Trinajstić information content (AvgIpc) is 2.45. The van der Waals surface area contributed by atoms with Gasteiger partial charge in [-0.05, 0) is 32.3 Å². The lowest BCUT2D eigenvalue weighted by atomic mass is 10.1. The summed E-state index contributed by atoms with van der Waals surface area (Å²) < 4.78 is 5.50. The van der Waals surface area contributed by atoms with Crippen LogP contribution in [0.5, 0.6) is 5.75 Å². The van der Waals surface area contributed by atoms with Crippen LogP contribution in [0.2, 0.25) is 0 Å². The Bertz CT molecular complexity index is 582. The summed E-state index contributed by atoms with van der Waals surface area (Å²) in [6.07, 6.45) is 3.37. The fourth-order valence-electron chi connectivity index (χ4n) is 2.06. The summed E-state index contributed by atoms with van der Waals surface area (Å²) in [5, 5.41) is 0. The van der Waals surface area contributed by atoms with E-state index in [1.165, 1.54) is 0 Å². The smallest absolute Gasteiger partial charge is 0.250 e. The number of amides is 2. The molecule has 2 rings (SSSR count). The molecule has 0 unspecified atom stereocenters. The Balaban J connectivity index is 2.20. The Morgan fingerprint density at radius 3 is 2.86 bits per heavy atom. The van der Waals surface area contributed by atoms with Crippen molar-refractivity contribution in [3.8, 4) is 5.75 Å². The van der Waals surface area contributed by atoms with Gasteiger partial charge < -0.3 is 20.3 Å². The minimum Gasteiger partial charge on any atom is -0.490 e. The third-order valence-corrected chi connectivity index (χ3v) is 3.10. The van der Waals surface area contributed by atoms with Crippen LogP contribution in [0.1, 0.15) is 10.4 Å². The van der Waals surface area contributed by atoms with Gasteiger partial charge in [-0.1, -0.05) is 6.08 Å². The molecule has 0 aliphatic carbocycles. The van der Waals surface area contributed by atoms with Crippen LogP contribution < -0.4 is 15.4 Å². The Morgan fingerprint density at radius 1 is 1.43 bits per heavy atom. The first kappa shape index (κ1) is 15.1. The summed E-state index contributed by atoms with van der Waals surface area (Å²) in [5.74, 6) is -0.115. The average molecular weight is 289 g/mol. The van der Waals surface area contributed by atoms with Crippen LogP contribution >= 0.6 is 0 Å². The monoisotopic (exact) mass is 289 g/mol. The molecule has 0 fully saturated rings. The molecule has 6 nitrogen and oxygen atoms in total. The van der Waals surface area contributed by atoms with Gasteiger partial charge in [0.15, 0.2) is 0 Å². The lowest BCUT2D eigenvalue weighted by Crippen LogP contribution is -2.37. The van der Waals surface area contributed by atoms with Crippen molar-refractivity contribution in [2.24, 2.45) is 5.73 Å². The maximum atomic E-state index is 12.2. The van der Waals surface area contributed by atoms with Crippen LogP contribution in [0.3, 0.4) is 0 Å². The van der Waals surface area contributed by atoms with E-state index in [2.05, 4.69) is 0 Å². The van der Waals surface area contributed by atoms with Gasteiger partial charge in [-0.2, -0.15) is 0 Å². The van der Waals surface area contributed by atoms with Crippen LogP contribution in [0, 0.1) is 0 Å². The van der Waals surface area contributed by atoms with Crippen LogP contribution in [0.25, 0.3) is 0 Å². The summed E-state index contributed by atoms with van der Waals surface area (Å²) in [7, 11) is 3.87. The van der Waals surface area contributed by atoms with Gasteiger partial charge in [-0.25, -0.2) is 0 Å². The minimum absolute atomic E-state index is 0.103. The third kappa shape index (κ3) is 3.61. The van der Waals surface area contributed by atoms with Crippen molar-refractivity contribution in [1.29, 1.82) is 0 Å². The highest BCUT2D eigenvalue weighted by Gasteiger charge is 2.22. The van der Waals surface area contributed by atoms with Crippen LogP contribution in [-0.2, 0) is 4.79 Å². The minimum atomic E-state index is -0.518. The maximum absolute atomic E-state index is 12.2. The van der Waals surface area contributed by atoms with E-state index in [9.17, 15) is 9.59 Å². The second-order valence-corrected chi connectivity index (χ2v) is 5.05. The molecule has 0 aromatic heterocycles. The Labute approximate surface area is 123 Å². The first-order valence-corrected chi connectivity index (χ1v) is 6.68. The number of hydrogen-bond donors (Lipinski definition) is 1. The molecule has 0 bridgehead atoms. The zero-order chi connectivity index (χ0) is 15.4. The number of likely N-dealkylation sites (N-methyl/N-ethyl adjacent to an activating group) is 1. The lowest BCUT2D eigenvalue weighted by molar-refractivity contribution is -0.114. The molecule has 1 aliphatic rings. The van der Waals surface area contributed by atoms with Gasteiger partial charge in [0.05, 0.1) is 12.2 Å². The highest BCUT2D eigenvalue weighted by atomic mass is 16.5. The summed E-state index contributed by atoms with van der Waals surface area (Å²) >= 11 is 0. The number of fused-ring (bicyclic) bond motifs is 1. The van der Waals surface area contributed by atoms with E-state index in [1.807, 2.05) is 25.1 Å². The Morgan fingerprint density at radius 2 is 2.19 bits per heavy atom. The fourth-order valence-corrected chi connectivity index (χ4v) is 2.06. The molecule has 2 N–H and O–H groups in total. The van der Waals surface area contributed by atoms with Gasteiger partial charge in [0.25, 0.3) is 5.91 Å². The second-order valence-electron chi connectivity index (χ2n) is 5.05. The first-order chi connectivity index (χ1) is 9.99. The quantitative estimate of drug-likeness (QED) is 0.825. The number of nitrogens with zero attached hydrogens (tertiary/aromatic N) is 2. The maximum Gasteiger partial charge on any atom is 0.250 e. The van der Waals surface area contributed by atoms with Gasteiger partial charge in [-0.3, -0.25) is 9.59 Å².